The molecule has 2 fully saturated rings. The van der Waals surface area contributed by atoms with Crippen molar-refractivity contribution in [2.45, 2.75) is 31.5 Å². The Morgan fingerprint density at radius 2 is 2.19 bits per heavy atom. The molecule has 21 heavy (non-hydrogen) atoms. The first-order valence-corrected chi connectivity index (χ1v) is 7.29. The normalized spacial score (nSPS) is 26.0. The lowest BCUT2D eigenvalue weighted by molar-refractivity contribution is -0.160. The van der Waals surface area contributed by atoms with Crippen LogP contribution >= 0.6 is 11.6 Å². The molecular formula is C14H16ClN3O3. The summed E-state index contributed by atoms with van der Waals surface area (Å²) >= 11 is 5.73. The summed E-state index contributed by atoms with van der Waals surface area (Å²) in [6.45, 7) is 0.857. The lowest BCUT2D eigenvalue weighted by Crippen LogP contribution is -2.62. The van der Waals surface area contributed by atoms with Crippen molar-refractivity contribution in [2.75, 3.05) is 13.1 Å². The van der Waals surface area contributed by atoms with Gasteiger partial charge >= 0.3 is 0 Å². The molecule has 0 spiro atoms. The number of halogens is 1. The van der Waals surface area contributed by atoms with E-state index in [4.69, 9.17) is 11.6 Å². The molecule has 2 amide bonds. The minimum absolute atomic E-state index is 0.0616. The van der Waals surface area contributed by atoms with Crippen LogP contribution in [-0.4, -0.2) is 56.9 Å². The molecule has 2 atom stereocenters. The number of hydrogen-bond donors (Lipinski definition) is 1. The third kappa shape index (κ3) is 2.87. The highest BCUT2D eigenvalue weighted by Gasteiger charge is 2.42. The molecule has 112 valence electrons. The SMILES string of the molecule is O=C1[C@@H]2C[C@H](O)CCN2C(=O)CN1Cc1ccc(Cl)nc1. The van der Waals surface area contributed by atoms with Crippen molar-refractivity contribution in [1.29, 1.82) is 0 Å². The second-order valence-corrected chi connectivity index (χ2v) is 5.85. The molecule has 0 bridgehead atoms. The van der Waals surface area contributed by atoms with Crippen LogP contribution < -0.4 is 0 Å². The van der Waals surface area contributed by atoms with Crippen LogP contribution in [0.25, 0.3) is 0 Å². The second kappa shape index (κ2) is 5.61. The molecule has 7 heteroatoms. The maximum absolute atomic E-state index is 12.5. The second-order valence-electron chi connectivity index (χ2n) is 5.46. The Balaban J connectivity index is 1.75. The fourth-order valence-corrected chi connectivity index (χ4v) is 2.99. The number of amides is 2. The lowest BCUT2D eigenvalue weighted by Gasteiger charge is -2.44. The number of aromatic nitrogens is 1. The van der Waals surface area contributed by atoms with Gasteiger partial charge in [0.2, 0.25) is 11.8 Å². The first-order valence-electron chi connectivity index (χ1n) is 6.91. The maximum Gasteiger partial charge on any atom is 0.246 e. The largest absolute Gasteiger partial charge is 0.393 e. The predicted molar refractivity (Wildman–Crippen MR) is 75.4 cm³/mol. The van der Waals surface area contributed by atoms with Gasteiger partial charge in [0.1, 0.15) is 17.7 Å². The molecule has 0 aromatic carbocycles. The Hall–Kier alpha value is -1.66. The molecule has 1 aromatic heterocycles. The number of carbonyl (C=O) groups excluding carboxylic acids is 2. The first-order chi connectivity index (χ1) is 10.0. The van der Waals surface area contributed by atoms with Crippen LogP contribution in [0.3, 0.4) is 0 Å². The van der Waals surface area contributed by atoms with E-state index in [1.807, 2.05) is 0 Å². The number of rotatable bonds is 2. The van der Waals surface area contributed by atoms with E-state index >= 15 is 0 Å². The Kier molecular flexibility index (Phi) is 3.82. The fourth-order valence-electron chi connectivity index (χ4n) is 2.88. The van der Waals surface area contributed by atoms with Gasteiger partial charge in [-0.05, 0) is 18.1 Å². The topological polar surface area (TPSA) is 73.7 Å². The molecule has 0 radical (unpaired) electrons. The van der Waals surface area contributed by atoms with Gasteiger partial charge in [0.25, 0.3) is 0 Å². The quantitative estimate of drug-likeness (QED) is 0.804. The van der Waals surface area contributed by atoms with Crippen LogP contribution in [-0.2, 0) is 16.1 Å². The van der Waals surface area contributed by atoms with Crippen molar-refractivity contribution in [1.82, 2.24) is 14.8 Å². The predicted octanol–water partition coefficient (Wildman–Crippen LogP) is 0.429. The van der Waals surface area contributed by atoms with Crippen molar-refractivity contribution in [3.05, 3.63) is 29.0 Å². The summed E-state index contributed by atoms with van der Waals surface area (Å²) in [6, 6.07) is 2.91. The van der Waals surface area contributed by atoms with E-state index in [2.05, 4.69) is 4.98 Å². The molecule has 2 saturated heterocycles. The van der Waals surface area contributed by atoms with E-state index in [-0.39, 0.29) is 18.4 Å². The average molecular weight is 310 g/mol. The van der Waals surface area contributed by atoms with Crippen LogP contribution in [0.15, 0.2) is 18.3 Å². The minimum Gasteiger partial charge on any atom is -0.393 e. The Bertz CT molecular complexity index is 563. The van der Waals surface area contributed by atoms with Gasteiger partial charge < -0.3 is 14.9 Å². The van der Waals surface area contributed by atoms with E-state index in [9.17, 15) is 14.7 Å². The fraction of sp³-hybridized carbons (Fsp3) is 0.500. The van der Waals surface area contributed by atoms with Crippen molar-refractivity contribution in [2.24, 2.45) is 0 Å². The number of aliphatic hydroxyl groups is 1. The number of hydrogen-bond acceptors (Lipinski definition) is 4. The molecule has 2 aliphatic heterocycles. The van der Waals surface area contributed by atoms with Crippen LogP contribution in [0.4, 0.5) is 0 Å². The molecule has 3 rings (SSSR count). The molecule has 2 aliphatic rings. The third-order valence-electron chi connectivity index (χ3n) is 3.98. The lowest BCUT2D eigenvalue weighted by atomic mass is 9.96. The summed E-state index contributed by atoms with van der Waals surface area (Å²) in [5.74, 6) is -0.170. The first kappa shape index (κ1) is 14.3. The van der Waals surface area contributed by atoms with Gasteiger partial charge in [-0.1, -0.05) is 17.7 Å². The van der Waals surface area contributed by atoms with Gasteiger partial charge in [-0.2, -0.15) is 0 Å². The van der Waals surface area contributed by atoms with Gasteiger partial charge in [0.05, 0.1) is 6.10 Å². The van der Waals surface area contributed by atoms with Crippen LogP contribution in [0.1, 0.15) is 18.4 Å². The summed E-state index contributed by atoms with van der Waals surface area (Å²) in [4.78, 5) is 31.7. The number of carbonyl (C=O) groups is 2. The third-order valence-corrected chi connectivity index (χ3v) is 4.20. The van der Waals surface area contributed by atoms with Gasteiger partial charge in [-0.3, -0.25) is 9.59 Å². The van der Waals surface area contributed by atoms with Gasteiger partial charge in [-0.15, -0.1) is 0 Å². The zero-order valence-corrected chi connectivity index (χ0v) is 12.2. The van der Waals surface area contributed by atoms with Crippen molar-refractivity contribution < 1.29 is 14.7 Å². The number of aliphatic hydroxyl groups excluding tert-OH is 1. The van der Waals surface area contributed by atoms with E-state index in [1.54, 1.807) is 23.2 Å². The molecule has 1 aromatic rings. The van der Waals surface area contributed by atoms with E-state index < -0.39 is 12.1 Å². The standard InChI is InChI=1S/C14H16ClN3O3/c15-12-2-1-9(6-16-12)7-17-8-13(20)18-4-3-10(19)5-11(18)14(17)21/h1-2,6,10-11,19H,3-5,7-8H2/t10-,11+/m1/s1. The van der Waals surface area contributed by atoms with Crippen LogP contribution in [0.2, 0.25) is 5.15 Å². The summed E-state index contributed by atoms with van der Waals surface area (Å²) < 4.78 is 0. The molecular weight excluding hydrogens is 294 g/mol. The summed E-state index contributed by atoms with van der Waals surface area (Å²) in [5, 5.41) is 10.1. The highest BCUT2D eigenvalue weighted by Crippen LogP contribution is 2.24. The summed E-state index contributed by atoms with van der Waals surface area (Å²) in [7, 11) is 0. The monoisotopic (exact) mass is 309 g/mol. The van der Waals surface area contributed by atoms with Gasteiger partial charge in [0, 0.05) is 25.7 Å². The van der Waals surface area contributed by atoms with Gasteiger partial charge in [0.15, 0.2) is 0 Å². The Morgan fingerprint density at radius 1 is 1.38 bits per heavy atom. The van der Waals surface area contributed by atoms with E-state index in [1.165, 1.54) is 4.90 Å². The zero-order valence-electron chi connectivity index (χ0n) is 11.4. The number of nitrogens with zero attached hydrogens (tertiary/aromatic N) is 3. The number of pyridine rings is 1. The number of fused-ring (bicyclic) bond motifs is 1. The highest BCUT2D eigenvalue weighted by atomic mass is 35.5. The van der Waals surface area contributed by atoms with Crippen LogP contribution in [0, 0.1) is 0 Å². The molecule has 0 unspecified atom stereocenters. The summed E-state index contributed by atoms with van der Waals surface area (Å²) in [5.41, 5.74) is 0.824. The molecule has 1 N–H and O–H groups in total. The molecule has 6 nitrogen and oxygen atoms in total. The Labute approximate surface area is 127 Å². The highest BCUT2D eigenvalue weighted by molar-refractivity contribution is 6.29. The molecule has 3 heterocycles. The van der Waals surface area contributed by atoms with Crippen LogP contribution in [0.5, 0.6) is 0 Å². The van der Waals surface area contributed by atoms with Crippen molar-refractivity contribution >= 4 is 23.4 Å². The smallest absolute Gasteiger partial charge is 0.246 e. The Morgan fingerprint density at radius 3 is 2.90 bits per heavy atom. The molecule has 0 saturated carbocycles. The van der Waals surface area contributed by atoms with E-state index in [0.717, 1.165) is 5.56 Å². The zero-order chi connectivity index (χ0) is 15.0. The maximum atomic E-state index is 12.5. The van der Waals surface area contributed by atoms with E-state index in [0.29, 0.717) is 31.1 Å². The minimum atomic E-state index is -0.532. The van der Waals surface area contributed by atoms with Gasteiger partial charge in [-0.25, -0.2) is 4.98 Å². The molecule has 0 aliphatic carbocycles. The van der Waals surface area contributed by atoms with Crippen molar-refractivity contribution in [3.63, 3.8) is 0 Å². The number of piperidine rings is 1. The number of piperazine rings is 1. The summed E-state index contributed by atoms with van der Waals surface area (Å²) in [6.07, 6.45) is 1.94. The average Bonchev–Trinajstić information content (AvgIpc) is 2.46. The van der Waals surface area contributed by atoms with Crippen molar-refractivity contribution in [3.8, 4) is 0 Å².